The third-order valence-corrected chi connectivity index (χ3v) is 4.18. The Kier molecular flexibility index (Phi) is 6.32. The maximum atomic E-state index is 6.07. The summed E-state index contributed by atoms with van der Waals surface area (Å²) in [5, 5.41) is 4.86. The molecule has 3 nitrogen and oxygen atoms in total. The van der Waals surface area contributed by atoms with Crippen molar-refractivity contribution in [3.63, 3.8) is 0 Å². The Morgan fingerprint density at radius 2 is 2.14 bits per heavy atom. The van der Waals surface area contributed by atoms with E-state index in [4.69, 9.17) is 16.3 Å². The van der Waals surface area contributed by atoms with Crippen LogP contribution in [0.2, 0.25) is 5.02 Å². The molecule has 0 saturated carbocycles. The quantitative estimate of drug-likeness (QED) is 0.347. The number of anilines is 1. The smallest absolute Gasteiger partial charge is 0.141 e. The van der Waals surface area contributed by atoms with Crippen LogP contribution in [0.3, 0.4) is 0 Å². The second-order valence-corrected chi connectivity index (χ2v) is 6.57. The average Bonchev–Trinajstić information content (AvgIpc) is 2.44. The van der Waals surface area contributed by atoms with Gasteiger partial charge in [-0.05, 0) is 53.8 Å². The molecule has 0 atom stereocenters. The summed E-state index contributed by atoms with van der Waals surface area (Å²) in [7, 11) is 0. The summed E-state index contributed by atoms with van der Waals surface area (Å²) in [6.07, 6.45) is 1.72. The summed E-state index contributed by atoms with van der Waals surface area (Å²) in [5.74, 6) is 0.825. The number of para-hydroxylation sites is 1. The number of benzene rings is 2. The third-order valence-electron chi connectivity index (χ3n) is 2.59. The molecule has 0 aromatic heterocycles. The first-order valence-electron chi connectivity index (χ1n) is 6.27. The van der Waals surface area contributed by atoms with Crippen LogP contribution >= 0.6 is 50.1 Å². The van der Waals surface area contributed by atoms with Crippen molar-refractivity contribution in [1.29, 1.82) is 0 Å². The summed E-state index contributed by atoms with van der Waals surface area (Å²) >= 11 is 11.8. The van der Waals surface area contributed by atoms with E-state index in [1.165, 1.54) is 0 Å². The summed E-state index contributed by atoms with van der Waals surface area (Å²) in [6, 6.07) is 11.4. The van der Waals surface area contributed by atoms with Gasteiger partial charge in [-0.2, -0.15) is 5.10 Å². The third kappa shape index (κ3) is 4.59. The van der Waals surface area contributed by atoms with Gasteiger partial charge in [-0.1, -0.05) is 39.7 Å². The van der Waals surface area contributed by atoms with E-state index < -0.39 is 0 Å². The molecule has 110 valence electrons. The molecule has 2 aromatic rings. The van der Waals surface area contributed by atoms with E-state index in [1.54, 1.807) is 6.21 Å². The predicted octanol–water partition coefficient (Wildman–Crippen LogP) is 5.55. The fraction of sp³-hybridized carbons (Fsp3) is 0.133. The van der Waals surface area contributed by atoms with Crippen molar-refractivity contribution in [2.75, 3.05) is 12.0 Å². The normalized spacial score (nSPS) is 10.9. The van der Waals surface area contributed by atoms with E-state index in [9.17, 15) is 0 Å². The van der Waals surface area contributed by atoms with Crippen molar-refractivity contribution in [2.45, 2.75) is 6.92 Å². The topological polar surface area (TPSA) is 33.6 Å². The molecular weight excluding hydrogens is 466 g/mol. The zero-order valence-electron chi connectivity index (χ0n) is 11.2. The number of hydrogen-bond donors (Lipinski definition) is 1. The molecule has 6 heteroatoms. The Morgan fingerprint density at radius 1 is 1.38 bits per heavy atom. The van der Waals surface area contributed by atoms with Gasteiger partial charge in [0.25, 0.3) is 0 Å². The molecule has 0 heterocycles. The predicted molar refractivity (Wildman–Crippen MR) is 101 cm³/mol. The molecule has 0 aliphatic carbocycles. The van der Waals surface area contributed by atoms with Crippen LogP contribution in [0.25, 0.3) is 0 Å². The van der Waals surface area contributed by atoms with Crippen LogP contribution in [-0.2, 0) is 0 Å². The van der Waals surface area contributed by atoms with Crippen LogP contribution in [0.4, 0.5) is 5.69 Å². The number of halogens is 3. The number of nitrogens with zero attached hydrogens (tertiary/aromatic N) is 1. The molecule has 0 unspecified atom stereocenters. The Morgan fingerprint density at radius 3 is 2.86 bits per heavy atom. The lowest BCUT2D eigenvalue weighted by Gasteiger charge is -2.10. The van der Waals surface area contributed by atoms with Crippen molar-refractivity contribution in [3.8, 4) is 5.75 Å². The molecule has 1 N–H and O–H groups in total. The largest absolute Gasteiger partial charge is 0.492 e. The van der Waals surface area contributed by atoms with Gasteiger partial charge in [0.05, 0.1) is 27.1 Å². The van der Waals surface area contributed by atoms with Crippen LogP contribution in [0.5, 0.6) is 5.75 Å². The number of hydrogen-bond acceptors (Lipinski definition) is 3. The number of nitrogens with one attached hydrogen (secondary N) is 1. The fourth-order valence-corrected chi connectivity index (χ4v) is 3.58. The van der Waals surface area contributed by atoms with Gasteiger partial charge in [-0.25, -0.2) is 0 Å². The lowest BCUT2D eigenvalue weighted by molar-refractivity contribution is 0.337. The lowest BCUT2D eigenvalue weighted by atomic mass is 10.2. The first-order valence-corrected chi connectivity index (χ1v) is 8.52. The highest BCUT2D eigenvalue weighted by atomic mass is 127. The SMILES string of the molecule is CCOc1c(I)cc(Br)cc1/C=N/Nc1ccccc1Cl. The lowest BCUT2D eigenvalue weighted by Crippen LogP contribution is -2.00. The summed E-state index contributed by atoms with van der Waals surface area (Å²) in [4.78, 5) is 0. The van der Waals surface area contributed by atoms with Gasteiger partial charge in [0, 0.05) is 10.0 Å². The Labute approximate surface area is 151 Å². The maximum absolute atomic E-state index is 6.07. The molecule has 0 aliphatic heterocycles. The van der Waals surface area contributed by atoms with Crippen molar-refractivity contribution >= 4 is 62.0 Å². The zero-order chi connectivity index (χ0) is 15.2. The van der Waals surface area contributed by atoms with Gasteiger partial charge in [-0.3, -0.25) is 5.43 Å². The highest BCUT2D eigenvalue weighted by molar-refractivity contribution is 14.1. The molecule has 2 aromatic carbocycles. The Balaban J connectivity index is 2.22. The van der Waals surface area contributed by atoms with E-state index in [-0.39, 0.29) is 0 Å². The van der Waals surface area contributed by atoms with E-state index >= 15 is 0 Å². The van der Waals surface area contributed by atoms with Crippen molar-refractivity contribution in [2.24, 2.45) is 5.10 Å². The molecule has 0 bridgehead atoms. The molecular formula is C15H13BrClIN2O. The standard InChI is InChI=1S/C15H13BrClIN2O/c1-2-21-15-10(7-11(16)8-13(15)18)9-19-20-14-6-4-3-5-12(14)17/h3-9,20H,2H2,1H3/b19-9+. The second-order valence-electron chi connectivity index (χ2n) is 4.09. The van der Waals surface area contributed by atoms with Crippen LogP contribution in [0.1, 0.15) is 12.5 Å². The van der Waals surface area contributed by atoms with Gasteiger partial charge in [0.2, 0.25) is 0 Å². The molecule has 0 spiro atoms. The van der Waals surface area contributed by atoms with Gasteiger partial charge in [0.15, 0.2) is 0 Å². The number of hydrazone groups is 1. The molecule has 2 rings (SSSR count). The molecule has 0 aliphatic rings. The molecule has 0 radical (unpaired) electrons. The average molecular weight is 480 g/mol. The monoisotopic (exact) mass is 478 g/mol. The van der Waals surface area contributed by atoms with Gasteiger partial charge in [0.1, 0.15) is 5.75 Å². The minimum Gasteiger partial charge on any atom is -0.492 e. The maximum Gasteiger partial charge on any atom is 0.141 e. The zero-order valence-corrected chi connectivity index (χ0v) is 15.7. The highest BCUT2D eigenvalue weighted by Gasteiger charge is 2.08. The number of ether oxygens (including phenoxy) is 1. The Hall–Kier alpha value is -0.790. The van der Waals surface area contributed by atoms with Crippen molar-refractivity contribution in [3.05, 3.63) is 55.0 Å². The fourth-order valence-electron chi connectivity index (χ4n) is 1.70. The highest BCUT2D eigenvalue weighted by Crippen LogP contribution is 2.29. The summed E-state index contributed by atoms with van der Waals surface area (Å²) < 4.78 is 7.69. The molecule has 0 saturated heterocycles. The minimum atomic E-state index is 0.608. The van der Waals surface area contributed by atoms with Crippen LogP contribution in [0.15, 0.2) is 46.0 Å². The van der Waals surface area contributed by atoms with Crippen molar-refractivity contribution in [1.82, 2.24) is 0 Å². The molecule has 21 heavy (non-hydrogen) atoms. The first kappa shape index (κ1) is 16.6. The van der Waals surface area contributed by atoms with E-state index in [0.717, 1.165) is 25.0 Å². The van der Waals surface area contributed by atoms with Crippen LogP contribution in [0, 0.1) is 3.57 Å². The van der Waals surface area contributed by atoms with Crippen LogP contribution < -0.4 is 10.2 Å². The summed E-state index contributed by atoms with van der Waals surface area (Å²) in [6.45, 7) is 2.57. The van der Waals surface area contributed by atoms with E-state index in [0.29, 0.717) is 11.6 Å². The second kappa shape index (κ2) is 8.00. The van der Waals surface area contributed by atoms with Gasteiger partial charge >= 0.3 is 0 Å². The Bertz CT molecular complexity index is 664. The van der Waals surface area contributed by atoms with E-state index in [1.807, 2.05) is 43.3 Å². The van der Waals surface area contributed by atoms with Crippen molar-refractivity contribution < 1.29 is 4.74 Å². The van der Waals surface area contributed by atoms with Crippen LogP contribution in [-0.4, -0.2) is 12.8 Å². The minimum absolute atomic E-state index is 0.608. The summed E-state index contributed by atoms with van der Waals surface area (Å²) in [5.41, 5.74) is 4.59. The van der Waals surface area contributed by atoms with Gasteiger partial charge in [-0.15, -0.1) is 0 Å². The molecule has 0 amide bonds. The van der Waals surface area contributed by atoms with Gasteiger partial charge < -0.3 is 4.74 Å². The van der Waals surface area contributed by atoms with E-state index in [2.05, 4.69) is 49.0 Å². The molecule has 0 fully saturated rings. The number of rotatable bonds is 5. The first-order chi connectivity index (χ1) is 10.1.